The molecule has 1 fully saturated rings. The lowest BCUT2D eigenvalue weighted by molar-refractivity contribution is 0.244. The highest BCUT2D eigenvalue weighted by Crippen LogP contribution is 2.27. The first kappa shape index (κ1) is 16.5. The van der Waals surface area contributed by atoms with Gasteiger partial charge >= 0.3 is 0 Å². The summed E-state index contributed by atoms with van der Waals surface area (Å²) in [5, 5.41) is 4.89. The van der Waals surface area contributed by atoms with E-state index >= 15 is 0 Å². The number of aryl methyl sites for hydroxylation is 3. The molecule has 4 heteroatoms. The highest BCUT2D eigenvalue weighted by Gasteiger charge is 2.14. The van der Waals surface area contributed by atoms with Crippen molar-refractivity contribution in [2.75, 3.05) is 39.3 Å². The minimum absolute atomic E-state index is 0.751. The van der Waals surface area contributed by atoms with Crippen molar-refractivity contribution < 1.29 is 0 Å². The fourth-order valence-electron chi connectivity index (χ4n) is 3.76. The number of hydrogen-bond acceptors (Lipinski definition) is 3. The van der Waals surface area contributed by atoms with E-state index in [0.717, 1.165) is 45.6 Å². The van der Waals surface area contributed by atoms with Crippen LogP contribution in [-0.4, -0.2) is 48.7 Å². The molecule has 1 aromatic carbocycles. The SMILES string of the molecule is Cc1cc(C)c2c(CCN3CCNCC3)cn(CCCN)c2c1. The van der Waals surface area contributed by atoms with Gasteiger partial charge in [-0.2, -0.15) is 0 Å². The molecule has 0 saturated carbocycles. The van der Waals surface area contributed by atoms with E-state index in [9.17, 15) is 0 Å². The normalized spacial score (nSPS) is 16.3. The highest BCUT2D eigenvalue weighted by molar-refractivity contribution is 5.88. The van der Waals surface area contributed by atoms with Gasteiger partial charge in [-0.05, 0) is 56.0 Å². The molecule has 1 aliphatic heterocycles. The summed E-state index contributed by atoms with van der Waals surface area (Å²) in [5.41, 5.74) is 11.3. The molecule has 3 N–H and O–H groups in total. The molecule has 1 aromatic heterocycles. The second kappa shape index (κ2) is 7.47. The number of nitrogens with two attached hydrogens (primary N) is 1. The van der Waals surface area contributed by atoms with Gasteiger partial charge in [-0.25, -0.2) is 0 Å². The van der Waals surface area contributed by atoms with Crippen LogP contribution in [0.2, 0.25) is 0 Å². The highest BCUT2D eigenvalue weighted by atomic mass is 15.2. The molecule has 0 spiro atoms. The molecule has 0 aliphatic carbocycles. The quantitative estimate of drug-likeness (QED) is 0.858. The fraction of sp³-hybridized carbons (Fsp3) is 0.579. The summed E-state index contributed by atoms with van der Waals surface area (Å²) in [7, 11) is 0. The average molecular weight is 314 g/mol. The van der Waals surface area contributed by atoms with Crippen molar-refractivity contribution in [3.8, 4) is 0 Å². The summed E-state index contributed by atoms with van der Waals surface area (Å²) in [4.78, 5) is 2.57. The van der Waals surface area contributed by atoms with Crippen molar-refractivity contribution in [3.05, 3.63) is 35.0 Å². The Balaban J connectivity index is 1.86. The van der Waals surface area contributed by atoms with E-state index in [1.165, 1.54) is 40.7 Å². The predicted octanol–water partition coefficient (Wildman–Crippen LogP) is 2.05. The lowest BCUT2D eigenvalue weighted by Gasteiger charge is -2.27. The standard InChI is InChI=1S/C19H30N4/c1-15-12-16(2)19-17(4-9-22-10-6-21-7-11-22)14-23(8-3-5-20)18(19)13-15/h12-14,21H,3-11,20H2,1-2H3. The van der Waals surface area contributed by atoms with E-state index in [-0.39, 0.29) is 0 Å². The molecule has 0 atom stereocenters. The Kier molecular flexibility index (Phi) is 5.36. The first-order valence-corrected chi connectivity index (χ1v) is 8.91. The Morgan fingerprint density at radius 1 is 1.13 bits per heavy atom. The van der Waals surface area contributed by atoms with E-state index in [1.54, 1.807) is 0 Å². The lowest BCUT2D eigenvalue weighted by atomic mass is 10.0. The second-order valence-corrected chi connectivity index (χ2v) is 6.81. The van der Waals surface area contributed by atoms with Crippen LogP contribution in [0, 0.1) is 13.8 Å². The fourth-order valence-corrected chi connectivity index (χ4v) is 3.76. The van der Waals surface area contributed by atoms with Crippen molar-refractivity contribution in [1.82, 2.24) is 14.8 Å². The van der Waals surface area contributed by atoms with Crippen LogP contribution in [0.3, 0.4) is 0 Å². The Morgan fingerprint density at radius 3 is 2.65 bits per heavy atom. The second-order valence-electron chi connectivity index (χ2n) is 6.81. The zero-order chi connectivity index (χ0) is 16.2. The molecule has 0 amide bonds. The van der Waals surface area contributed by atoms with E-state index in [4.69, 9.17) is 5.73 Å². The summed E-state index contributed by atoms with van der Waals surface area (Å²) in [6.45, 7) is 11.9. The van der Waals surface area contributed by atoms with Crippen LogP contribution in [0.1, 0.15) is 23.1 Å². The molecule has 2 aromatic rings. The molecule has 1 aliphatic rings. The van der Waals surface area contributed by atoms with Crippen LogP contribution in [0.15, 0.2) is 18.3 Å². The third-order valence-electron chi connectivity index (χ3n) is 4.91. The molecular weight excluding hydrogens is 284 g/mol. The third-order valence-corrected chi connectivity index (χ3v) is 4.91. The Morgan fingerprint density at radius 2 is 1.91 bits per heavy atom. The van der Waals surface area contributed by atoms with Crippen molar-refractivity contribution in [3.63, 3.8) is 0 Å². The number of piperazine rings is 1. The topological polar surface area (TPSA) is 46.2 Å². The molecule has 3 rings (SSSR count). The van der Waals surface area contributed by atoms with Gasteiger partial charge < -0.3 is 20.5 Å². The monoisotopic (exact) mass is 314 g/mol. The smallest absolute Gasteiger partial charge is 0.0488 e. The predicted molar refractivity (Wildman–Crippen MR) is 98.1 cm³/mol. The van der Waals surface area contributed by atoms with Crippen LogP contribution < -0.4 is 11.1 Å². The van der Waals surface area contributed by atoms with Gasteiger partial charge in [0.15, 0.2) is 0 Å². The van der Waals surface area contributed by atoms with E-state index in [2.05, 4.69) is 47.0 Å². The Hall–Kier alpha value is -1.36. The molecule has 2 heterocycles. The molecular formula is C19H30N4. The van der Waals surface area contributed by atoms with E-state index in [0.29, 0.717) is 0 Å². The van der Waals surface area contributed by atoms with Gasteiger partial charge in [0.05, 0.1) is 0 Å². The van der Waals surface area contributed by atoms with Crippen LogP contribution in [0.4, 0.5) is 0 Å². The lowest BCUT2D eigenvalue weighted by Crippen LogP contribution is -2.44. The molecule has 126 valence electrons. The number of hydrogen-bond donors (Lipinski definition) is 2. The molecule has 0 unspecified atom stereocenters. The van der Waals surface area contributed by atoms with Crippen molar-refractivity contribution in [1.29, 1.82) is 0 Å². The molecule has 1 saturated heterocycles. The molecule has 23 heavy (non-hydrogen) atoms. The maximum atomic E-state index is 5.72. The van der Waals surface area contributed by atoms with Crippen molar-refractivity contribution in [2.45, 2.75) is 33.2 Å². The zero-order valence-corrected chi connectivity index (χ0v) is 14.6. The van der Waals surface area contributed by atoms with Gasteiger partial charge in [0, 0.05) is 56.4 Å². The number of rotatable bonds is 6. The maximum absolute atomic E-state index is 5.72. The molecule has 0 radical (unpaired) electrons. The summed E-state index contributed by atoms with van der Waals surface area (Å²) in [5.74, 6) is 0. The Labute approximate surface area is 139 Å². The molecule has 4 nitrogen and oxygen atoms in total. The van der Waals surface area contributed by atoms with E-state index in [1.807, 2.05) is 0 Å². The minimum Gasteiger partial charge on any atom is -0.347 e. The number of fused-ring (bicyclic) bond motifs is 1. The number of aromatic nitrogens is 1. The van der Waals surface area contributed by atoms with Crippen LogP contribution >= 0.6 is 0 Å². The average Bonchev–Trinajstić information content (AvgIpc) is 2.90. The number of benzene rings is 1. The van der Waals surface area contributed by atoms with Crippen molar-refractivity contribution in [2.24, 2.45) is 5.73 Å². The largest absolute Gasteiger partial charge is 0.347 e. The zero-order valence-electron chi connectivity index (χ0n) is 14.6. The van der Waals surface area contributed by atoms with Gasteiger partial charge in [-0.15, -0.1) is 0 Å². The molecule has 0 bridgehead atoms. The number of nitrogens with zero attached hydrogens (tertiary/aromatic N) is 2. The van der Waals surface area contributed by atoms with Crippen LogP contribution in [0.5, 0.6) is 0 Å². The maximum Gasteiger partial charge on any atom is 0.0488 e. The van der Waals surface area contributed by atoms with Crippen molar-refractivity contribution >= 4 is 10.9 Å². The van der Waals surface area contributed by atoms with Crippen LogP contribution in [-0.2, 0) is 13.0 Å². The van der Waals surface area contributed by atoms with Gasteiger partial charge in [0.25, 0.3) is 0 Å². The number of nitrogens with one attached hydrogen (secondary N) is 1. The van der Waals surface area contributed by atoms with Crippen LogP contribution in [0.25, 0.3) is 10.9 Å². The first-order valence-electron chi connectivity index (χ1n) is 8.91. The summed E-state index contributed by atoms with van der Waals surface area (Å²) < 4.78 is 2.41. The summed E-state index contributed by atoms with van der Waals surface area (Å²) >= 11 is 0. The summed E-state index contributed by atoms with van der Waals surface area (Å²) in [6.07, 6.45) is 4.54. The minimum atomic E-state index is 0.751. The first-order chi connectivity index (χ1) is 11.2. The van der Waals surface area contributed by atoms with Gasteiger partial charge in [-0.3, -0.25) is 0 Å². The van der Waals surface area contributed by atoms with E-state index < -0.39 is 0 Å². The Bertz CT molecular complexity index is 653. The summed E-state index contributed by atoms with van der Waals surface area (Å²) in [6, 6.07) is 4.64. The van der Waals surface area contributed by atoms with Gasteiger partial charge in [0.1, 0.15) is 0 Å². The van der Waals surface area contributed by atoms with Gasteiger partial charge in [-0.1, -0.05) is 6.07 Å². The third kappa shape index (κ3) is 3.77. The van der Waals surface area contributed by atoms with Gasteiger partial charge in [0.2, 0.25) is 0 Å².